The molecular weight excluding hydrogens is 180 g/mol. The number of aryl methyl sites for hydroxylation is 2. The monoisotopic (exact) mass is 192 g/mol. The number of nitrogens with zero attached hydrogens (tertiary/aromatic N) is 4. The Hall–Kier alpha value is -1.85. The van der Waals surface area contributed by atoms with Crippen LogP contribution in [0.5, 0.6) is 0 Å². The standard InChI is InChI=1S/C8H12N6/c1-6-3-9-8(12-6)10-4-7-13-11-5-14(7)2/h3,5H,4H2,1-2H3,(H2,9,10,12). The molecule has 0 aliphatic carbocycles. The van der Waals surface area contributed by atoms with E-state index in [0.29, 0.717) is 6.54 Å². The Morgan fingerprint density at radius 3 is 3.00 bits per heavy atom. The van der Waals surface area contributed by atoms with Gasteiger partial charge < -0.3 is 14.9 Å². The lowest BCUT2D eigenvalue weighted by molar-refractivity contribution is 0.808. The molecule has 0 radical (unpaired) electrons. The fourth-order valence-corrected chi connectivity index (χ4v) is 1.13. The molecule has 0 aliphatic heterocycles. The third kappa shape index (κ3) is 1.73. The van der Waals surface area contributed by atoms with Crippen molar-refractivity contribution in [3.8, 4) is 0 Å². The van der Waals surface area contributed by atoms with Gasteiger partial charge in [-0.15, -0.1) is 10.2 Å². The van der Waals surface area contributed by atoms with Crippen LogP contribution in [0, 0.1) is 6.92 Å². The van der Waals surface area contributed by atoms with Crippen molar-refractivity contribution in [3.05, 3.63) is 24.0 Å². The number of hydrogen-bond acceptors (Lipinski definition) is 4. The van der Waals surface area contributed by atoms with Crippen molar-refractivity contribution in [2.45, 2.75) is 13.5 Å². The van der Waals surface area contributed by atoms with E-state index in [4.69, 9.17) is 0 Å². The van der Waals surface area contributed by atoms with Gasteiger partial charge in [-0.05, 0) is 6.92 Å². The molecule has 2 aromatic rings. The number of H-pyrrole nitrogens is 1. The van der Waals surface area contributed by atoms with Crippen molar-refractivity contribution in [2.24, 2.45) is 7.05 Å². The SMILES string of the molecule is Cc1cnc(NCc2nncn2C)[nH]1. The van der Waals surface area contributed by atoms with E-state index < -0.39 is 0 Å². The fraction of sp³-hybridized carbons (Fsp3) is 0.375. The van der Waals surface area contributed by atoms with E-state index in [-0.39, 0.29) is 0 Å². The molecule has 0 aliphatic rings. The third-order valence-corrected chi connectivity index (χ3v) is 1.92. The van der Waals surface area contributed by atoms with Gasteiger partial charge in [-0.25, -0.2) is 4.98 Å². The quantitative estimate of drug-likeness (QED) is 0.741. The van der Waals surface area contributed by atoms with Crippen LogP contribution < -0.4 is 5.32 Å². The van der Waals surface area contributed by atoms with Crippen molar-refractivity contribution in [2.75, 3.05) is 5.32 Å². The minimum Gasteiger partial charge on any atom is -0.349 e. The van der Waals surface area contributed by atoms with E-state index >= 15 is 0 Å². The van der Waals surface area contributed by atoms with Crippen molar-refractivity contribution in [3.63, 3.8) is 0 Å². The van der Waals surface area contributed by atoms with E-state index in [1.54, 1.807) is 12.5 Å². The molecule has 6 heteroatoms. The first-order valence-electron chi connectivity index (χ1n) is 4.34. The maximum absolute atomic E-state index is 4.12. The highest BCUT2D eigenvalue weighted by molar-refractivity contribution is 5.25. The van der Waals surface area contributed by atoms with Crippen LogP contribution in [0.15, 0.2) is 12.5 Å². The van der Waals surface area contributed by atoms with Crippen molar-refractivity contribution in [1.82, 2.24) is 24.7 Å². The Kier molecular flexibility index (Phi) is 2.18. The first-order valence-corrected chi connectivity index (χ1v) is 4.34. The van der Waals surface area contributed by atoms with Gasteiger partial charge in [-0.3, -0.25) is 0 Å². The Labute approximate surface area is 81.4 Å². The van der Waals surface area contributed by atoms with E-state index in [0.717, 1.165) is 17.5 Å². The Morgan fingerprint density at radius 2 is 2.43 bits per heavy atom. The third-order valence-electron chi connectivity index (χ3n) is 1.92. The molecule has 2 N–H and O–H groups in total. The zero-order valence-corrected chi connectivity index (χ0v) is 8.15. The van der Waals surface area contributed by atoms with Crippen molar-refractivity contribution in [1.29, 1.82) is 0 Å². The molecule has 0 atom stereocenters. The summed E-state index contributed by atoms with van der Waals surface area (Å²) in [5, 5.41) is 10.8. The maximum atomic E-state index is 4.12. The molecule has 6 nitrogen and oxygen atoms in total. The molecule has 0 fully saturated rings. The molecule has 0 amide bonds. The molecule has 0 aromatic carbocycles. The van der Waals surface area contributed by atoms with Crippen LogP contribution in [-0.2, 0) is 13.6 Å². The zero-order chi connectivity index (χ0) is 9.97. The molecule has 2 rings (SSSR count). The highest BCUT2D eigenvalue weighted by Crippen LogP contribution is 2.02. The van der Waals surface area contributed by atoms with Gasteiger partial charge >= 0.3 is 0 Å². The van der Waals surface area contributed by atoms with Crippen molar-refractivity contribution < 1.29 is 0 Å². The molecular formula is C8H12N6. The van der Waals surface area contributed by atoms with E-state index in [1.165, 1.54) is 0 Å². The highest BCUT2D eigenvalue weighted by atomic mass is 15.3. The summed E-state index contributed by atoms with van der Waals surface area (Å²) < 4.78 is 1.86. The molecule has 2 heterocycles. The predicted molar refractivity (Wildman–Crippen MR) is 51.7 cm³/mol. The number of anilines is 1. The summed E-state index contributed by atoms with van der Waals surface area (Å²) >= 11 is 0. The average Bonchev–Trinajstić information content (AvgIpc) is 2.72. The van der Waals surface area contributed by atoms with E-state index in [2.05, 4.69) is 25.5 Å². The molecule has 14 heavy (non-hydrogen) atoms. The van der Waals surface area contributed by atoms with Gasteiger partial charge in [-0.2, -0.15) is 0 Å². The lowest BCUT2D eigenvalue weighted by Crippen LogP contribution is -2.06. The predicted octanol–water partition coefficient (Wildman–Crippen LogP) is 0.459. The molecule has 0 spiro atoms. The Balaban J connectivity index is 1.98. The van der Waals surface area contributed by atoms with Crippen LogP contribution in [0.2, 0.25) is 0 Å². The van der Waals surface area contributed by atoms with Crippen LogP contribution >= 0.6 is 0 Å². The first kappa shape index (κ1) is 8.74. The minimum absolute atomic E-state index is 0.615. The smallest absolute Gasteiger partial charge is 0.200 e. The molecule has 74 valence electrons. The maximum Gasteiger partial charge on any atom is 0.200 e. The number of rotatable bonds is 3. The number of aromatic amines is 1. The van der Waals surface area contributed by atoms with Gasteiger partial charge in [0.1, 0.15) is 6.33 Å². The van der Waals surface area contributed by atoms with Gasteiger partial charge in [0.15, 0.2) is 5.82 Å². The van der Waals surface area contributed by atoms with Crippen LogP contribution in [0.1, 0.15) is 11.5 Å². The lowest BCUT2D eigenvalue weighted by Gasteiger charge is -2.01. The second-order valence-electron chi connectivity index (χ2n) is 3.13. The number of nitrogens with one attached hydrogen (secondary N) is 2. The fourth-order valence-electron chi connectivity index (χ4n) is 1.13. The average molecular weight is 192 g/mol. The second-order valence-corrected chi connectivity index (χ2v) is 3.13. The summed E-state index contributed by atoms with van der Waals surface area (Å²) in [6.07, 6.45) is 3.45. The van der Waals surface area contributed by atoms with Crippen LogP contribution in [-0.4, -0.2) is 24.7 Å². The van der Waals surface area contributed by atoms with Gasteiger partial charge in [0.25, 0.3) is 0 Å². The minimum atomic E-state index is 0.615. The van der Waals surface area contributed by atoms with Gasteiger partial charge in [0, 0.05) is 18.9 Å². The van der Waals surface area contributed by atoms with Crippen LogP contribution in [0.3, 0.4) is 0 Å². The highest BCUT2D eigenvalue weighted by Gasteiger charge is 2.01. The number of imidazole rings is 1. The van der Waals surface area contributed by atoms with E-state index in [9.17, 15) is 0 Å². The number of aromatic nitrogens is 5. The Bertz CT molecular complexity index is 415. The largest absolute Gasteiger partial charge is 0.349 e. The molecule has 0 saturated heterocycles. The lowest BCUT2D eigenvalue weighted by atomic mass is 10.6. The normalized spacial score (nSPS) is 10.4. The topological polar surface area (TPSA) is 71.4 Å². The van der Waals surface area contributed by atoms with Gasteiger partial charge in [-0.1, -0.05) is 0 Å². The molecule has 0 saturated carbocycles. The van der Waals surface area contributed by atoms with E-state index in [1.807, 2.05) is 18.5 Å². The first-order chi connectivity index (χ1) is 6.75. The summed E-state index contributed by atoms with van der Waals surface area (Å²) in [6, 6.07) is 0. The van der Waals surface area contributed by atoms with Gasteiger partial charge in [0.2, 0.25) is 5.95 Å². The molecule has 0 bridgehead atoms. The molecule has 2 aromatic heterocycles. The van der Waals surface area contributed by atoms with Gasteiger partial charge in [0.05, 0.1) is 6.54 Å². The zero-order valence-electron chi connectivity index (χ0n) is 8.15. The number of hydrogen-bond donors (Lipinski definition) is 2. The van der Waals surface area contributed by atoms with Crippen LogP contribution in [0.4, 0.5) is 5.95 Å². The van der Waals surface area contributed by atoms with Crippen LogP contribution in [0.25, 0.3) is 0 Å². The van der Waals surface area contributed by atoms with Crippen molar-refractivity contribution >= 4 is 5.95 Å². The summed E-state index contributed by atoms with van der Waals surface area (Å²) in [6.45, 7) is 2.57. The molecule has 0 unspecified atom stereocenters. The summed E-state index contributed by atoms with van der Waals surface area (Å²) in [4.78, 5) is 7.20. The summed E-state index contributed by atoms with van der Waals surface area (Å²) in [5.74, 6) is 1.63. The summed E-state index contributed by atoms with van der Waals surface area (Å²) in [5.41, 5.74) is 1.03. The summed E-state index contributed by atoms with van der Waals surface area (Å²) in [7, 11) is 1.91. The Morgan fingerprint density at radius 1 is 1.57 bits per heavy atom. The second kappa shape index (κ2) is 3.49.